The summed E-state index contributed by atoms with van der Waals surface area (Å²) in [4.78, 5) is 14.2. The minimum absolute atomic E-state index is 0.0142. The van der Waals surface area contributed by atoms with Gasteiger partial charge in [-0.05, 0) is 19.1 Å². The summed E-state index contributed by atoms with van der Waals surface area (Å²) in [6, 6.07) is 6.24. The van der Waals surface area contributed by atoms with Crippen LogP contribution in [0.3, 0.4) is 0 Å². The van der Waals surface area contributed by atoms with Crippen molar-refractivity contribution in [3.63, 3.8) is 0 Å². The molecule has 5 aliphatic rings. The number of ether oxygens (including phenoxy) is 5. The standard InChI is InChI=1S/C29H36N2O6/c1-2-35-27-23-22-20-6-3-7-21(22)30(10-16-33-17-11-30)8-4-15-37-29-25(27)31(12-18-34-19-13-31)9-5-14-36-28(29)24(23)26(20)32/h3,6-7H,2,4-5,8-19H2,1H3/q+2. The Balaban J connectivity index is 1.60. The van der Waals surface area contributed by atoms with Crippen LogP contribution in [0.25, 0.3) is 11.1 Å². The Hall–Kier alpha value is -2.65. The van der Waals surface area contributed by atoms with E-state index in [-0.39, 0.29) is 5.78 Å². The summed E-state index contributed by atoms with van der Waals surface area (Å²) in [5.74, 6) is 2.14. The number of morpholine rings is 2. The quantitative estimate of drug-likeness (QED) is 0.494. The van der Waals surface area contributed by atoms with Gasteiger partial charge in [-0.1, -0.05) is 6.07 Å². The zero-order valence-corrected chi connectivity index (χ0v) is 21.7. The lowest BCUT2D eigenvalue weighted by atomic mass is 9.96. The minimum Gasteiger partial charge on any atom is -0.488 e. The summed E-state index contributed by atoms with van der Waals surface area (Å²) >= 11 is 0. The number of ketones is 1. The molecule has 37 heavy (non-hydrogen) atoms. The molecule has 0 N–H and O–H groups in total. The molecular weight excluding hydrogens is 472 g/mol. The van der Waals surface area contributed by atoms with Crippen molar-refractivity contribution in [1.29, 1.82) is 0 Å². The zero-order valence-electron chi connectivity index (χ0n) is 21.7. The van der Waals surface area contributed by atoms with E-state index in [1.807, 2.05) is 19.1 Å². The van der Waals surface area contributed by atoms with Gasteiger partial charge in [0.2, 0.25) is 11.4 Å². The largest absolute Gasteiger partial charge is 0.488 e. The average Bonchev–Trinajstić information content (AvgIpc) is 3.21. The second-order valence-electron chi connectivity index (χ2n) is 10.8. The van der Waals surface area contributed by atoms with Crippen LogP contribution < -0.4 is 23.2 Å². The Kier molecular flexibility index (Phi) is 5.69. The van der Waals surface area contributed by atoms with Crippen molar-refractivity contribution in [1.82, 2.24) is 8.97 Å². The fourth-order valence-electron chi connectivity index (χ4n) is 7.25. The van der Waals surface area contributed by atoms with Crippen LogP contribution in [0.1, 0.15) is 35.7 Å². The molecule has 2 saturated heterocycles. The van der Waals surface area contributed by atoms with Crippen LogP contribution in [0.2, 0.25) is 0 Å². The number of carbonyl (C=O) groups excluding carboxylic acids is 1. The lowest BCUT2D eigenvalue weighted by Crippen LogP contribution is -2.57. The maximum Gasteiger partial charge on any atom is 0.227 e. The zero-order chi connectivity index (χ0) is 25.0. The summed E-state index contributed by atoms with van der Waals surface area (Å²) in [5, 5.41) is 0. The van der Waals surface area contributed by atoms with Gasteiger partial charge >= 0.3 is 0 Å². The third-order valence-electron chi connectivity index (χ3n) is 8.99. The molecule has 0 aromatic heterocycles. The van der Waals surface area contributed by atoms with Crippen LogP contribution in [0.15, 0.2) is 18.2 Å². The smallest absolute Gasteiger partial charge is 0.227 e. The first-order valence-corrected chi connectivity index (χ1v) is 13.9. The second kappa shape index (κ2) is 8.98. The predicted octanol–water partition coefficient (Wildman–Crippen LogP) is 3.54. The molecule has 0 radical (unpaired) electrons. The summed E-state index contributed by atoms with van der Waals surface area (Å²) in [7, 11) is 0. The molecule has 8 heteroatoms. The van der Waals surface area contributed by atoms with Crippen LogP contribution in [0.4, 0.5) is 11.4 Å². The molecule has 0 unspecified atom stereocenters. The van der Waals surface area contributed by atoms with Gasteiger partial charge in [-0.15, -0.1) is 0 Å². The second-order valence-corrected chi connectivity index (χ2v) is 10.8. The van der Waals surface area contributed by atoms with Gasteiger partial charge in [0.15, 0.2) is 17.3 Å². The molecule has 196 valence electrons. The Morgan fingerprint density at radius 1 is 0.757 bits per heavy atom. The fourth-order valence-corrected chi connectivity index (χ4v) is 7.25. The number of nitrogens with zero attached hydrogens (tertiary/aromatic N) is 2. The number of quaternary nitrogens is 2. The van der Waals surface area contributed by atoms with Crippen molar-refractivity contribution in [2.75, 3.05) is 85.5 Å². The van der Waals surface area contributed by atoms with E-state index in [1.165, 1.54) is 5.69 Å². The van der Waals surface area contributed by atoms with Gasteiger partial charge in [0.05, 0.1) is 76.0 Å². The van der Waals surface area contributed by atoms with Crippen molar-refractivity contribution >= 4 is 17.2 Å². The molecular formula is C29H36N2O6+2. The Bertz CT molecular complexity index is 1250. The molecule has 2 aromatic rings. The molecule has 0 atom stereocenters. The van der Waals surface area contributed by atoms with E-state index in [0.29, 0.717) is 63.3 Å². The van der Waals surface area contributed by atoms with Crippen molar-refractivity contribution < 1.29 is 28.5 Å². The highest BCUT2D eigenvalue weighted by Crippen LogP contribution is 2.61. The highest BCUT2D eigenvalue weighted by Gasteiger charge is 2.50. The SMILES string of the molecule is CCOc1c2c3c4c(c1[N+]1(CCCO4)CCOCC1)OCCC[N+]1(CCOCC1)c1cccc(c1-2)C3=O. The normalized spacial score (nSPS) is 23.1. The highest BCUT2D eigenvalue weighted by molar-refractivity contribution is 6.27. The highest BCUT2D eigenvalue weighted by atomic mass is 16.5. The van der Waals surface area contributed by atoms with Gasteiger partial charge in [0, 0.05) is 18.4 Å². The summed E-state index contributed by atoms with van der Waals surface area (Å²) in [6.45, 7) is 11.8. The molecule has 2 spiro atoms. The van der Waals surface area contributed by atoms with E-state index in [2.05, 4.69) is 6.07 Å². The van der Waals surface area contributed by atoms with E-state index in [0.717, 1.165) is 89.2 Å². The first kappa shape index (κ1) is 23.5. The lowest BCUT2D eigenvalue weighted by molar-refractivity contribution is 0.0335. The summed E-state index contributed by atoms with van der Waals surface area (Å²) in [5.41, 5.74) is 5.55. The number of hydrogen-bond acceptors (Lipinski definition) is 6. The molecule has 1 aliphatic carbocycles. The van der Waals surface area contributed by atoms with Crippen LogP contribution in [0, 0.1) is 0 Å². The molecule has 4 heterocycles. The van der Waals surface area contributed by atoms with Crippen LogP contribution in [0.5, 0.6) is 17.2 Å². The topological polar surface area (TPSA) is 63.2 Å². The van der Waals surface area contributed by atoms with Gasteiger partial charge < -0.3 is 23.7 Å². The number of rotatable bonds is 2. The first-order chi connectivity index (χ1) is 18.2. The summed E-state index contributed by atoms with van der Waals surface area (Å²) in [6.07, 6.45) is 1.80. The van der Waals surface area contributed by atoms with E-state index in [1.54, 1.807) is 0 Å². The molecule has 4 aliphatic heterocycles. The summed E-state index contributed by atoms with van der Waals surface area (Å²) < 4.78 is 32.9. The van der Waals surface area contributed by atoms with E-state index < -0.39 is 0 Å². The van der Waals surface area contributed by atoms with E-state index >= 15 is 0 Å². The Morgan fingerprint density at radius 2 is 1.41 bits per heavy atom. The van der Waals surface area contributed by atoms with Crippen molar-refractivity contribution in [2.45, 2.75) is 19.8 Å². The van der Waals surface area contributed by atoms with Crippen molar-refractivity contribution in [3.8, 4) is 28.4 Å². The fraction of sp³-hybridized carbons (Fsp3) is 0.552. The monoisotopic (exact) mass is 508 g/mol. The average molecular weight is 509 g/mol. The van der Waals surface area contributed by atoms with Gasteiger partial charge in [-0.25, -0.2) is 0 Å². The van der Waals surface area contributed by atoms with Crippen molar-refractivity contribution in [3.05, 3.63) is 29.3 Å². The van der Waals surface area contributed by atoms with E-state index in [9.17, 15) is 4.79 Å². The van der Waals surface area contributed by atoms with Gasteiger partial charge in [0.25, 0.3) is 0 Å². The van der Waals surface area contributed by atoms with Crippen molar-refractivity contribution in [2.24, 2.45) is 0 Å². The van der Waals surface area contributed by atoms with Crippen LogP contribution in [-0.2, 0) is 9.47 Å². The Morgan fingerprint density at radius 3 is 2.11 bits per heavy atom. The first-order valence-electron chi connectivity index (χ1n) is 13.9. The minimum atomic E-state index is 0.0142. The molecule has 7 rings (SSSR count). The molecule has 8 nitrogen and oxygen atoms in total. The number of fused-ring (bicyclic) bond motifs is 2. The molecule has 2 fully saturated rings. The van der Waals surface area contributed by atoms with Gasteiger partial charge in [-0.3, -0.25) is 13.8 Å². The maximum atomic E-state index is 14.2. The molecule has 6 bridgehead atoms. The van der Waals surface area contributed by atoms with Crippen LogP contribution in [-0.4, -0.2) is 91.3 Å². The predicted molar refractivity (Wildman–Crippen MR) is 141 cm³/mol. The van der Waals surface area contributed by atoms with E-state index in [4.69, 9.17) is 23.7 Å². The van der Waals surface area contributed by atoms with Gasteiger partial charge in [-0.2, -0.15) is 0 Å². The lowest BCUT2D eigenvalue weighted by Gasteiger charge is -2.43. The van der Waals surface area contributed by atoms with Gasteiger partial charge in [0.1, 0.15) is 31.9 Å². The molecule has 0 saturated carbocycles. The number of hydrogen-bond donors (Lipinski definition) is 0. The Labute approximate surface area is 217 Å². The third-order valence-corrected chi connectivity index (χ3v) is 8.99. The third kappa shape index (κ3) is 3.39. The molecule has 0 amide bonds. The molecule has 2 aromatic carbocycles. The van der Waals surface area contributed by atoms with Crippen LogP contribution >= 0.6 is 0 Å². The number of benzene rings is 2. The maximum absolute atomic E-state index is 14.2. The number of carbonyl (C=O) groups is 1.